The van der Waals surface area contributed by atoms with Crippen LogP contribution in [0.5, 0.6) is 0 Å². The van der Waals surface area contributed by atoms with Crippen molar-refractivity contribution >= 4 is 22.0 Å². The fraction of sp³-hybridized carbons (Fsp3) is 0.778. The Balaban J connectivity index is 3.36. The molecule has 2 amide bonds. The van der Waals surface area contributed by atoms with Gasteiger partial charge in [0.2, 0.25) is 0 Å². The van der Waals surface area contributed by atoms with Crippen LogP contribution in [0.4, 0.5) is 18.0 Å². The summed E-state index contributed by atoms with van der Waals surface area (Å²) in [6.45, 7) is 6.61. The van der Waals surface area contributed by atoms with Crippen molar-refractivity contribution in [2.45, 2.75) is 25.3 Å². The summed E-state index contributed by atoms with van der Waals surface area (Å²) in [5, 5.41) is 5.15. The average molecular weight is 507 g/mol. The van der Waals surface area contributed by atoms with E-state index in [9.17, 15) is 31.2 Å². The number of hydrogen-bond donors (Lipinski definition) is 2. The molecule has 0 aliphatic heterocycles. The first-order chi connectivity index (χ1) is 15.5. The van der Waals surface area contributed by atoms with Crippen molar-refractivity contribution in [3.05, 3.63) is 16.9 Å². The van der Waals surface area contributed by atoms with Gasteiger partial charge in [0.25, 0.3) is 0 Å². The highest BCUT2D eigenvalue weighted by atomic mass is 32.2. The number of rotatable bonds is 19. The quantitative estimate of drug-likeness (QED) is 0.152. The Morgan fingerprint density at radius 3 is 1.94 bits per heavy atom. The van der Waals surface area contributed by atoms with Crippen LogP contribution in [-0.4, -0.2) is 91.8 Å². The number of alkyl halides is 3. The molecule has 0 atom stereocenters. The minimum absolute atomic E-state index is 0.0347. The molecule has 0 fully saturated rings. The first-order valence-corrected chi connectivity index (χ1v) is 11.5. The molecule has 0 aromatic carbocycles. The summed E-state index contributed by atoms with van der Waals surface area (Å²) in [5.74, 6) is -0.514. The van der Waals surface area contributed by atoms with Crippen LogP contribution < -0.4 is 10.6 Å². The number of carbonyl (C=O) groups is 2. The van der Waals surface area contributed by atoms with E-state index in [2.05, 4.69) is 21.9 Å². The third-order valence-electron chi connectivity index (χ3n) is 3.46. The summed E-state index contributed by atoms with van der Waals surface area (Å²) in [4.78, 5) is 22.6. The van der Waals surface area contributed by atoms with Crippen molar-refractivity contribution in [2.75, 3.05) is 65.9 Å². The Labute approximate surface area is 191 Å². The smallest absolute Gasteiger partial charge is 0.480 e. The second kappa shape index (κ2) is 17.5. The van der Waals surface area contributed by atoms with Gasteiger partial charge in [-0.15, -0.1) is 6.54 Å². The van der Waals surface area contributed by atoms with Gasteiger partial charge in [0.15, 0.2) is 10.0 Å². The lowest BCUT2D eigenvalue weighted by atomic mass is 10.4. The predicted octanol–water partition coefficient (Wildman–Crippen LogP) is 1.46. The van der Waals surface area contributed by atoms with Crippen molar-refractivity contribution in [3.8, 4) is 0 Å². The van der Waals surface area contributed by atoms with Gasteiger partial charge in [-0.3, -0.25) is 0 Å². The number of ether oxygens (including phenoxy) is 4. The molecule has 15 heteroatoms. The normalized spacial score (nSPS) is 11.8. The van der Waals surface area contributed by atoms with Gasteiger partial charge < -0.3 is 34.3 Å². The third kappa shape index (κ3) is 17.2. The van der Waals surface area contributed by atoms with E-state index in [0.717, 1.165) is 0 Å². The summed E-state index contributed by atoms with van der Waals surface area (Å²) >= 11 is 0. The number of hydrogen-bond acceptors (Lipinski definition) is 8. The fourth-order valence-electron chi connectivity index (χ4n) is 1.84. The van der Waals surface area contributed by atoms with Gasteiger partial charge >= 0.3 is 17.5 Å². The second-order valence-electron chi connectivity index (χ2n) is 6.42. The molecule has 0 radical (unpaired) electrons. The lowest BCUT2D eigenvalue weighted by Crippen LogP contribution is -2.38. The van der Waals surface area contributed by atoms with Crippen molar-refractivity contribution in [1.82, 2.24) is 10.6 Å². The van der Waals surface area contributed by atoms with Crippen LogP contribution in [-0.2, 0) is 33.8 Å². The number of esters is 1. The van der Waals surface area contributed by atoms with Crippen LogP contribution in [0.25, 0.3) is 4.72 Å². The fourth-order valence-corrected chi connectivity index (χ4v) is 2.35. The lowest BCUT2D eigenvalue weighted by Gasteiger charge is -2.21. The Morgan fingerprint density at radius 2 is 1.39 bits per heavy atom. The maximum absolute atomic E-state index is 12.0. The highest BCUT2D eigenvalue weighted by Crippen LogP contribution is 2.27. The summed E-state index contributed by atoms with van der Waals surface area (Å²) in [6, 6.07) is -0.389. The molecule has 0 rings (SSSR count). The topological polar surface area (TPSA) is 143 Å². The lowest BCUT2D eigenvalue weighted by molar-refractivity contribution is -0.138. The zero-order chi connectivity index (χ0) is 25.2. The number of nitrogens with one attached hydrogen (secondary N) is 2. The van der Waals surface area contributed by atoms with E-state index >= 15 is 0 Å². The van der Waals surface area contributed by atoms with Crippen molar-refractivity contribution in [1.29, 1.82) is 0 Å². The Kier molecular flexibility index (Phi) is 16.5. The molecule has 194 valence electrons. The summed E-state index contributed by atoms with van der Waals surface area (Å²) in [7, 11) is -5.44. The van der Waals surface area contributed by atoms with E-state index in [4.69, 9.17) is 18.9 Å². The van der Waals surface area contributed by atoms with Crippen LogP contribution in [0.15, 0.2) is 12.2 Å². The van der Waals surface area contributed by atoms with E-state index in [1.165, 1.54) is 6.92 Å². The number of carbonyl (C=O) groups excluding carboxylic acids is 2. The molecule has 0 aromatic heterocycles. The van der Waals surface area contributed by atoms with Crippen LogP contribution in [0.3, 0.4) is 0 Å². The van der Waals surface area contributed by atoms with Crippen molar-refractivity contribution in [3.63, 3.8) is 0 Å². The number of nitrogens with zero attached hydrogens (tertiary/aromatic N) is 1. The van der Waals surface area contributed by atoms with Crippen LogP contribution in [0.1, 0.15) is 19.8 Å². The molecule has 0 spiro atoms. The first kappa shape index (κ1) is 31.1. The van der Waals surface area contributed by atoms with Crippen LogP contribution in [0, 0.1) is 0 Å². The minimum Gasteiger partial charge on any atom is -0.541 e. The number of halogens is 3. The molecule has 11 nitrogen and oxygen atoms in total. The molecular formula is C18H31F3N3O8S-. The molecule has 0 saturated carbocycles. The van der Waals surface area contributed by atoms with Gasteiger partial charge in [-0.25, -0.2) is 18.0 Å². The van der Waals surface area contributed by atoms with Gasteiger partial charge in [-0.05, 0) is 19.8 Å². The van der Waals surface area contributed by atoms with E-state index in [1.54, 1.807) is 0 Å². The molecule has 0 aliphatic carbocycles. The standard InChI is InChI=1S/C18H31F3N3O8S/c1-15(2)16(25)32-10-7-23-17(26)22-5-3-8-29-11-13-31-14-12-30-9-4-6-24-33(27,28)18(19,20)21/h1,3-14H2,2H3,(H2,22,23,26)/q-1. The SMILES string of the molecule is C=C(C)C(=O)OCCNC(=O)NCCCOCCOCCOCCC[N-]S(=O)(=O)C(F)(F)F. The van der Waals surface area contributed by atoms with Crippen molar-refractivity contribution in [2.24, 2.45) is 0 Å². The number of urea groups is 1. The molecule has 0 saturated heterocycles. The van der Waals surface area contributed by atoms with E-state index in [-0.39, 0.29) is 51.0 Å². The molecule has 0 aromatic rings. The molecule has 0 unspecified atom stereocenters. The highest BCUT2D eigenvalue weighted by molar-refractivity contribution is 7.94. The molecule has 0 heterocycles. The van der Waals surface area contributed by atoms with Gasteiger partial charge in [0.1, 0.15) is 6.61 Å². The maximum Gasteiger partial charge on any atom is 0.480 e. The molecule has 0 aliphatic rings. The minimum atomic E-state index is -5.44. The van der Waals surface area contributed by atoms with E-state index in [1.807, 2.05) is 0 Å². The van der Waals surface area contributed by atoms with E-state index in [0.29, 0.717) is 32.8 Å². The van der Waals surface area contributed by atoms with Gasteiger partial charge in [-0.1, -0.05) is 6.58 Å². The monoisotopic (exact) mass is 506 g/mol. The summed E-state index contributed by atoms with van der Waals surface area (Å²) < 4.78 is 80.6. The average Bonchev–Trinajstić information content (AvgIpc) is 2.72. The Morgan fingerprint density at radius 1 is 0.879 bits per heavy atom. The number of amides is 2. The maximum atomic E-state index is 12.0. The largest absolute Gasteiger partial charge is 0.541 e. The van der Waals surface area contributed by atoms with Crippen LogP contribution >= 0.6 is 0 Å². The molecule has 0 bridgehead atoms. The van der Waals surface area contributed by atoms with Crippen molar-refractivity contribution < 1.29 is 50.1 Å². The molecule has 2 N–H and O–H groups in total. The zero-order valence-electron chi connectivity index (χ0n) is 18.4. The molecule has 33 heavy (non-hydrogen) atoms. The van der Waals surface area contributed by atoms with Crippen LogP contribution in [0.2, 0.25) is 0 Å². The van der Waals surface area contributed by atoms with Gasteiger partial charge in [-0.2, -0.15) is 13.2 Å². The summed E-state index contributed by atoms with van der Waals surface area (Å²) in [5.41, 5.74) is -5.09. The first-order valence-electron chi connectivity index (χ1n) is 10.0. The highest BCUT2D eigenvalue weighted by Gasteiger charge is 2.38. The predicted molar refractivity (Wildman–Crippen MR) is 112 cm³/mol. The number of sulfonamides is 1. The Hall–Kier alpha value is -1.94. The second-order valence-corrected chi connectivity index (χ2v) is 8.09. The van der Waals surface area contributed by atoms with Gasteiger partial charge in [0, 0.05) is 25.3 Å². The third-order valence-corrected chi connectivity index (χ3v) is 4.57. The Bertz CT molecular complexity index is 690. The zero-order valence-corrected chi connectivity index (χ0v) is 19.3. The summed E-state index contributed by atoms with van der Waals surface area (Å²) in [6.07, 6.45) is 0.614. The molecular weight excluding hydrogens is 475 g/mol. The van der Waals surface area contributed by atoms with E-state index < -0.39 is 28.0 Å². The van der Waals surface area contributed by atoms with Gasteiger partial charge in [0.05, 0.1) is 33.0 Å².